The van der Waals surface area contributed by atoms with Gasteiger partial charge in [-0.05, 0) is 77.6 Å². The molecule has 0 atom stereocenters. The Labute approximate surface area is 250 Å². The van der Waals surface area contributed by atoms with Crippen LogP contribution in [0.4, 0.5) is 0 Å². The largest absolute Gasteiger partial charge is 0.289 e. The average Bonchev–Trinajstić information content (AvgIpc) is 3.00. The first kappa shape index (κ1) is 31.3. The van der Waals surface area contributed by atoms with E-state index in [1.807, 2.05) is 165 Å². The number of ketones is 1. The van der Waals surface area contributed by atoms with Crippen molar-refractivity contribution in [2.45, 2.75) is 77.8 Å². The van der Waals surface area contributed by atoms with Crippen LogP contribution in [0.5, 0.6) is 0 Å². The van der Waals surface area contributed by atoms with E-state index < -0.39 is 22.4 Å². The summed E-state index contributed by atoms with van der Waals surface area (Å²) in [7, 11) is 0. The third-order valence-corrected chi connectivity index (χ3v) is 7.54. The van der Waals surface area contributed by atoms with Gasteiger partial charge in [-0.25, -0.2) is 19.6 Å². The Kier molecular flexibility index (Phi) is 9.19. The molecule has 4 rings (SSSR count). The molecule has 0 aliphatic heterocycles. The standard InChI is InChI=1S/C37H42O5/c1-34(2,29-15-11-9-12-16-29)39-41-36(5,6)31-23-19-27(20-24-31)33(38)28-21-25-32(26-22-28)37(7,8)42-40-35(3,4)30-17-13-10-14-18-30/h9-26H,1-8H3. The monoisotopic (exact) mass is 566 g/mol. The zero-order chi connectivity index (χ0) is 30.6. The van der Waals surface area contributed by atoms with Gasteiger partial charge in [0.1, 0.15) is 22.4 Å². The van der Waals surface area contributed by atoms with Gasteiger partial charge in [0.05, 0.1) is 0 Å². The summed E-state index contributed by atoms with van der Waals surface area (Å²) in [6.45, 7) is 15.6. The molecule has 0 saturated carbocycles. The van der Waals surface area contributed by atoms with E-state index >= 15 is 0 Å². The first-order valence-corrected chi connectivity index (χ1v) is 14.3. The van der Waals surface area contributed by atoms with Crippen LogP contribution in [0.25, 0.3) is 0 Å². The molecule has 0 radical (unpaired) electrons. The number of rotatable bonds is 12. The second-order valence-corrected chi connectivity index (χ2v) is 12.6. The van der Waals surface area contributed by atoms with Gasteiger partial charge in [-0.3, -0.25) is 4.79 Å². The zero-order valence-electron chi connectivity index (χ0n) is 25.9. The Morgan fingerprint density at radius 3 is 0.881 bits per heavy atom. The molecule has 0 fully saturated rings. The molecule has 0 amide bonds. The zero-order valence-corrected chi connectivity index (χ0v) is 25.9. The second kappa shape index (κ2) is 12.3. The van der Waals surface area contributed by atoms with Gasteiger partial charge in [0.2, 0.25) is 0 Å². The summed E-state index contributed by atoms with van der Waals surface area (Å²) in [5, 5.41) is 0. The number of carbonyl (C=O) groups excluding carboxylic acids is 1. The van der Waals surface area contributed by atoms with Crippen molar-refractivity contribution in [2.75, 3.05) is 0 Å². The Morgan fingerprint density at radius 1 is 0.381 bits per heavy atom. The maximum Gasteiger partial charge on any atom is 0.193 e. The molecule has 0 bridgehead atoms. The second-order valence-electron chi connectivity index (χ2n) is 12.6. The van der Waals surface area contributed by atoms with Crippen LogP contribution in [-0.4, -0.2) is 5.78 Å². The van der Waals surface area contributed by atoms with Crippen LogP contribution < -0.4 is 0 Å². The van der Waals surface area contributed by atoms with E-state index in [0.717, 1.165) is 22.3 Å². The highest BCUT2D eigenvalue weighted by Crippen LogP contribution is 2.33. The van der Waals surface area contributed by atoms with Gasteiger partial charge >= 0.3 is 0 Å². The Bertz CT molecular complexity index is 1340. The van der Waals surface area contributed by atoms with Crippen molar-refractivity contribution in [3.8, 4) is 0 Å². The topological polar surface area (TPSA) is 54.0 Å². The molecule has 0 aliphatic rings. The van der Waals surface area contributed by atoms with Crippen molar-refractivity contribution in [3.05, 3.63) is 143 Å². The van der Waals surface area contributed by atoms with Crippen LogP contribution in [0.15, 0.2) is 109 Å². The van der Waals surface area contributed by atoms with Crippen LogP contribution in [-0.2, 0) is 42.0 Å². The van der Waals surface area contributed by atoms with Crippen molar-refractivity contribution in [1.82, 2.24) is 0 Å². The van der Waals surface area contributed by atoms with E-state index in [1.165, 1.54) is 0 Å². The lowest BCUT2D eigenvalue weighted by Crippen LogP contribution is -2.29. The van der Waals surface area contributed by atoms with E-state index in [9.17, 15) is 4.79 Å². The lowest BCUT2D eigenvalue weighted by atomic mass is 9.93. The molecule has 4 aromatic rings. The van der Waals surface area contributed by atoms with Gasteiger partial charge in [-0.15, -0.1) is 0 Å². The number of hydrogen-bond donors (Lipinski definition) is 0. The fourth-order valence-electron chi connectivity index (χ4n) is 4.50. The molecule has 4 aromatic carbocycles. The van der Waals surface area contributed by atoms with E-state index in [4.69, 9.17) is 19.6 Å². The summed E-state index contributed by atoms with van der Waals surface area (Å²) in [6.07, 6.45) is 0. The van der Waals surface area contributed by atoms with E-state index in [-0.39, 0.29) is 5.78 Å². The fourth-order valence-corrected chi connectivity index (χ4v) is 4.50. The minimum atomic E-state index is -0.724. The molecule has 0 heterocycles. The Morgan fingerprint density at radius 2 is 0.619 bits per heavy atom. The highest BCUT2D eigenvalue weighted by atomic mass is 17.2. The van der Waals surface area contributed by atoms with Gasteiger partial charge in [-0.2, -0.15) is 0 Å². The Balaban J connectivity index is 1.39. The smallest absolute Gasteiger partial charge is 0.193 e. The van der Waals surface area contributed by atoms with Crippen LogP contribution in [0, 0.1) is 0 Å². The van der Waals surface area contributed by atoms with Crippen molar-refractivity contribution in [1.29, 1.82) is 0 Å². The maximum atomic E-state index is 13.3. The van der Waals surface area contributed by atoms with Crippen LogP contribution in [0.1, 0.15) is 93.6 Å². The summed E-state index contributed by atoms with van der Waals surface area (Å²) in [5.74, 6) is -0.0616. The predicted molar refractivity (Wildman–Crippen MR) is 166 cm³/mol. The quantitative estimate of drug-likeness (QED) is 0.0972. The molecule has 220 valence electrons. The van der Waals surface area contributed by atoms with Crippen molar-refractivity contribution in [3.63, 3.8) is 0 Å². The highest BCUT2D eigenvalue weighted by Gasteiger charge is 2.31. The number of hydrogen-bond acceptors (Lipinski definition) is 5. The summed E-state index contributed by atoms with van der Waals surface area (Å²) in [6, 6.07) is 34.8. The third kappa shape index (κ3) is 7.42. The van der Waals surface area contributed by atoms with Crippen molar-refractivity contribution < 1.29 is 24.3 Å². The molecule has 5 heteroatoms. The van der Waals surface area contributed by atoms with E-state index in [0.29, 0.717) is 11.1 Å². The van der Waals surface area contributed by atoms with E-state index in [1.54, 1.807) is 0 Å². The third-order valence-electron chi connectivity index (χ3n) is 7.54. The summed E-state index contributed by atoms with van der Waals surface area (Å²) in [4.78, 5) is 36.9. The minimum Gasteiger partial charge on any atom is -0.289 e. The lowest BCUT2D eigenvalue weighted by Gasteiger charge is -2.31. The summed E-state index contributed by atoms with van der Waals surface area (Å²) >= 11 is 0. The molecule has 42 heavy (non-hydrogen) atoms. The predicted octanol–water partition coefficient (Wildman–Crippen LogP) is 9.15. The molecular weight excluding hydrogens is 524 g/mol. The van der Waals surface area contributed by atoms with Gasteiger partial charge in [0, 0.05) is 11.1 Å². The van der Waals surface area contributed by atoms with Crippen LogP contribution >= 0.6 is 0 Å². The van der Waals surface area contributed by atoms with Gasteiger partial charge in [-0.1, -0.05) is 109 Å². The number of carbonyl (C=O) groups is 1. The molecular formula is C37H42O5. The first-order chi connectivity index (χ1) is 19.7. The van der Waals surface area contributed by atoms with Gasteiger partial charge in [0.25, 0.3) is 0 Å². The molecule has 0 saturated heterocycles. The van der Waals surface area contributed by atoms with E-state index in [2.05, 4.69) is 0 Å². The molecule has 0 spiro atoms. The Hall–Kier alpha value is -3.61. The van der Waals surface area contributed by atoms with Crippen molar-refractivity contribution in [2.24, 2.45) is 0 Å². The van der Waals surface area contributed by atoms with Crippen LogP contribution in [0.3, 0.4) is 0 Å². The van der Waals surface area contributed by atoms with Gasteiger partial charge < -0.3 is 0 Å². The summed E-state index contributed by atoms with van der Waals surface area (Å²) < 4.78 is 0. The number of benzene rings is 4. The molecule has 0 aromatic heterocycles. The lowest BCUT2D eigenvalue weighted by molar-refractivity contribution is -0.410. The summed E-state index contributed by atoms with van der Waals surface area (Å²) in [5.41, 5.74) is 2.33. The molecule has 0 N–H and O–H groups in total. The maximum absolute atomic E-state index is 13.3. The average molecular weight is 567 g/mol. The SMILES string of the molecule is CC(C)(OOC(C)(C)c1ccc(C(=O)c2ccc(C(C)(C)OOC(C)(C)c3ccccc3)cc2)cc1)c1ccccc1. The van der Waals surface area contributed by atoms with Crippen LogP contribution in [0.2, 0.25) is 0 Å². The highest BCUT2D eigenvalue weighted by molar-refractivity contribution is 6.09. The first-order valence-electron chi connectivity index (χ1n) is 14.3. The molecule has 0 unspecified atom stereocenters. The molecule has 0 aliphatic carbocycles. The fraction of sp³-hybridized carbons (Fsp3) is 0.324. The van der Waals surface area contributed by atoms with Crippen molar-refractivity contribution >= 4 is 5.78 Å². The molecule has 5 nitrogen and oxygen atoms in total. The minimum absolute atomic E-state index is 0.0616. The normalized spacial score (nSPS) is 12.8. The van der Waals surface area contributed by atoms with Gasteiger partial charge in [0.15, 0.2) is 5.78 Å².